The van der Waals surface area contributed by atoms with Crippen LogP contribution in [0.2, 0.25) is 0 Å². The fraction of sp³-hybridized carbons (Fsp3) is 0.429. The van der Waals surface area contributed by atoms with Crippen molar-refractivity contribution in [1.29, 1.82) is 0 Å². The molecule has 1 aliphatic carbocycles. The van der Waals surface area contributed by atoms with Crippen molar-refractivity contribution < 1.29 is 9.59 Å². The largest absolute Gasteiger partial charge is 0.344 e. The molecule has 0 unspecified atom stereocenters. The van der Waals surface area contributed by atoms with Crippen LogP contribution in [0.3, 0.4) is 0 Å². The van der Waals surface area contributed by atoms with Crippen LogP contribution in [-0.4, -0.2) is 25.0 Å². The Kier molecular flexibility index (Phi) is 5.16. The van der Waals surface area contributed by atoms with Crippen LogP contribution < -0.4 is 15.5 Å². The predicted octanol–water partition coefficient (Wildman–Crippen LogP) is 4.25. The minimum Gasteiger partial charge on any atom is -0.344 e. The van der Waals surface area contributed by atoms with Crippen molar-refractivity contribution in [2.45, 2.75) is 38.6 Å². The smallest absolute Gasteiger partial charge is 0.322 e. The molecule has 1 saturated heterocycles. The van der Waals surface area contributed by atoms with Crippen LogP contribution in [0.15, 0.2) is 35.7 Å². The molecule has 1 saturated carbocycles. The van der Waals surface area contributed by atoms with Crippen molar-refractivity contribution in [3.8, 4) is 0 Å². The van der Waals surface area contributed by atoms with Crippen molar-refractivity contribution in [1.82, 2.24) is 10.6 Å². The Morgan fingerprint density at radius 3 is 2.74 bits per heavy atom. The molecule has 1 aromatic heterocycles. The summed E-state index contributed by atoms with van der Waals surface area (Å²) in [5, 5.41) is 8.17. The number of thiophene rings is 1. The number of aryl methyl sites for hydroxylation is 1. The Morgan fingerprint density at radius 1 is 1.30 bits per heavy atom. The lowest BCUT2D eigenvalue weighted by Crippen LogP contribution is -2.32. The number of carbonyl (C=O) groups excluding carboxylic acids is 2. The Hall–Kier alpha value is -2.34. The first-order chi connectivity index (χ1) is 13.1. The molecule has 2 aromatic rings. The van der Waals surface area contributed by atoms with Gasteiger partial charge in [-0.25, -0.2) is 4.79 Å². The topological polar surface area (TPSA) is 61.4 Å². The number of rotatable bonds is 5. The van der Waals surface area contributed by atoms with Crippen LogP contribution in [0.25, 0.3) is 0 Å². The Balaban J connectivity index is 1.53. The zero-order valence-corrected chi connectivity index (χ0v) is 16.3. The van der Waals surface area contributed by atoms with Gasteiger partial charge in [-0.3, -0.25) is 9.69 Å². The SMILES string of the molecule is Cc1cc(C(=O)N[C@@H](c2cccs2)C2CCCC2)ccc1N1CCNC1=O. The lowest BCUT2D eigenvalue weighted by Gasteiger charge is -2.24. The van der Waals surface area contributed by atoms with Gasteiger partial charge in [-0.2, -0.15) is 0 Å². The van der Waals surface area contributed by atoms with Crippen molar-refractivity contribution in [2.24, 2.45) is 5.92 Å². The summed E-state index contributed by atoms with van der Waals surface area (Å²) in [6.45, 7) is 3.27. The van der Waals surface area contributed by atoms with Gasteiger partial charge >= 0.3 is 6.03 Å². The van der Waals surface area contributed by atoms with Gasteiger partial charge in [-0.05, 0) is 60.9 Å². The van der Waals surface area contributed by atoms with Gasteiger partial charge in [0.2, 0.25) is 0 Å². The predicted molar refractivity (Wildman–Crippen MR) is 108 cm³/mol. The third-order valence-corrected chi connectivity index (χ3v) is 6.57. The summed E-state index contributed by atoms with van der Waals surface area (Å²) in [5.74, 6) is 0.474. The second kappa shape index (κ2) is 7.72. The highest BCUT2D eigenvalue weighted by Gasteiger charge is 2.29. The standard InChI is InChI=1S/C21H25N3O2S/c1-14-13-16(8-9-17(14)24-11-10-22-21(24)26)20(25)23-19(15-5-2-3-6-15)18-7-4-12-27-18/h4,7-9,12-13,15,19H,2-3,5-6,10-11H2,1H3,(H,22,26)(H,23,25)/t19-/m1/s1. The van der Waals surface area contributed by atoms with E-state index in [4.69, 9.17) is 0 Å². The summed E-state index contributed by atoms with van der Waals surface area (Å²) in [5.41, 5.74) is 2.45. The van der Waals surface area contributed by atoms with Gasteiger partial charge in [-0.1, -0.05) is 18.9 Å². The lowest BCUT2D eigenvalue weighted by molar-refractivity contribution is 0.0922. The first-order valence-corrected chi connectivity index (χ1v) is 10.5. The third-order valence-electron chi connectivity index (χ3n) is 5.61. The normalized spacial score (nSPS) is 18.6. The monoisotopic (exact) mass is 383 g/mol. The summed E-state index contributed by atoms with van der Waals surface area (Å²) in [4.78, 5) is 27.8. The molecule has 5 nitrogen and oxygen atoms in total. The lowest BCUT2D eigenvalue weighted by atomic mass is 9.96. The van der Waals surface area contributed by atoms with Gasteiger partial charge < -0.3 is 10.6 Å². The maximum Gasteiger partial charge on any atom is 0.322 e. The van der Waals surface area contributed by atoms with Crippen LogP contribution >= 0.6 is 11.3 Å². The van der Waals surface area contributed by atoms with E-state index in [1.54, 1.807) is 16.2 Å². The number of carbonyl (C=O) groups is 2. The van der Waals surface area contributed by atoms with Gasteiger partial charge in [0.1, 0.15) is 0 Å². The molecule has 0 bridgehead atoms. The van der Waals surface area contributed by atoms with E-state index in [0.717, 1.165) is 11.3 Å². The van der Waals surface area contributed by atoms with Gasteiger partial charge in [0, 0.05) is 29.2 Å². The van der Waals surface area contributed by atoms with Gasteiger partial charge in [0.15, 0.2) is 0 Å². The van der Waals surface area contributed by atoms with Crippen LogP contribution in [0.5, 0.6) is 0 Å². The molecule has 142 valence electrons. The summed E-state index contributed by atoms with van der Waals surface area (Å²) in [6, 6.07) is 9.77. The molecule has 2 N–H and O–H groups in total. The molecule has 27 heavy (non-hydrogen) atoms. The Labute approximate surface area is 163 Å². The maximum absolute atomic E-state index is 13.0. The number of urea groups is 1. The second-order valence-corrected chi connectivity index (χ2v) is 8.38. The average Bonchev–Trinajstić information content (AvgIpc) is 3.42. The molecular weight excluding hydrogens is 358 g/mol. The number of nitrogens with zero attached hydrogens (tertiary/aromatic N) is 1. The molecule has 2 heterocycles. The van der Waals surface area contributed by atoms with E-state index in [-0.39, 0.29) is 18.0 Å². The van der Waals surface area contributed by atoms with E-state index >= 15 is 0 Å². The zero-order chi connectivity index (χ0) is 18.8. The molecule has 4 rings (SSSR count). The van der Waals surface area contributed by atoms with E-state index in [9.17, 15) is 9.59 Å². The third kappa shape index (κ3) is 3.72. The summed E-state index contributed by atoms with van der Waals surface area (Å²) in [7, 11) is 0. The molecular formula is C21H25N3O2S. The number of benzene rings is 1. The van der Waals surface area contributed by atoms with Crippen molar-refractivity contribution in [2.75, 3.05) is 18.0 Å². The quantitative estimate of drug-likeness (QED) is 0.811. The first kappa shape index (κ1) is 18.0. The minimum atomic E-state index is -0.0747. The Bertz CT molecular complexity index is 828. The summed E-state index contributed by atoms with van der Waals surface area (Å²) >= 11 is 1.71. The minimum absolute atomic E-state index is 0.0409. The second-order valence-electron chi connectivity index (χ2n) is 7.40. The van der Waals surface area contributed by atoms with Gasteiger partial charge in [-0.15, -0.1) is 11.3 Å². The number of hydrogen-bond acceptors (Lipinski definition) is 3. The number of anilines is 1. The molecule has 1 atom stereocenters. The maximum atomic E-state index is 13.0. The highest BCUT2D eigenvalue weighted by molar-refractivity contribution is 7.10. The van der Waals surface area contributed by atoms with Gasteiger partial charge in [0.05, 0.1) is 6.04 Å². The van der Waals surface area contributed by atoms with Gasteiger partial charge in [0.25, 0.3) is 5.91 Å². The van der Waals surface area contributed by atoms with Crippen molar-refractivity contribution in [3.05, 3.63) is 51.7 Å². The number of nitrogens with one attached hydrogen (secondary N) is 2. The van der Waals surface area contributed by atoms with Crippen LogP contribution in [0, 0.1) is 12.8 Å². The van der Waals surface area contributed by atoms with Crippen LogP contribution in [0.1, 0.15) is 52.5 Å². The molecule has 0 spiro atoms. The van der Waals surface area contributed by atoms with Crippen LogP contribution in [-0.2, 0) is 0 Å². The van der Waals surface area contributed by atoms with Crippen molar-refractivity contribution >= 4 is 29.0 Å². The molecule has 2 fully saturated rings. The molecule has 0 radical (unpaired) electrons. The number of hydrogen-bond donors (Lipinski definition) is 2. The fourth-order valence-electron chi connectivity index (χ4n) is 4.21. The van der Waals surface area contributed by atoms with E-state index in [1.165, 1.54) is 30.6 Å². The summed E-state index contributed by atoms with van der Waals surface area (Å²) in [6.07, 6.45) is 4.83. The molecule has 1 aliphatic heterocycles. The molecule has 1 aromatic carbocycles. The van der Waals surface area contributed by atoms with Crippen molar-refractivity contribution in [3.63, 3.8) is 0 Å². The van der Waals surface area contributed by atoms with Crippen LogP contribution in [0.4, 0.5) is 10.5 Å². The van der Waals surface area contributed by atoms with E-state index < -0.39 is 0 Å². The van der Waals surface area contributed by atoms with E-state index in [1.807, 2.05) is 31.2 Å². The first-order valence-electron chi connectivity index (χ1n) is 9.64. The highest BCUT2D eigenvalue weighted by atomic mass is 32.1. The van der Waals surface area contributed by atoms with E-state index in [2.05, 4.69) is 22.1 Å². The highest BCUT2D eigenvalue weighted by Crippen LogP contribution is 2.37. The molecule has 6 heteroatoms. The fourth-order valence-corrected chi connectivity index (χ4v) is 5.08. The average molecular weight is 384 g/mol. The summed E-state index contributed by atoms with van der Waals surface area (Å²) < 4.78 is 0. The van der Waals surface area contributed by atoms with E-state index in [0.29, 0.717) is 24.6 Å². The Morgan fingerprint density at radius 2 is 2.11 bits per heavy atom. The number of amides is 3. The zero-order valence-electron chi connectivity index (χ0n) is 15.5. The molecule has 2 aliphatic rings. The molecule has 3 amide bonds.